The van der Waals surface area contributed by atoms with E-state index in [0.717, 1.165) is 0 Å². The summed E-state index contributed by atoms with van der Waals surface area (Å²) in [5.74, 6) is -3.31. The van der Waals surface area contributed by atoms with E-state index in [1.807, 2.05) is 32.7 Å². The summed E-state index contributed by atoms with van der Waals surface area (Å²) in [6.07, 6.45) is -7.73. The minimum Gasteiger partial charge on any atom is -0.456 e. The monoisotopic (exact) mass is 900 g/mol. The van der Waals surface area contributed by atoms with E-state index in [1.165, 1.54) is 6.92 Å². The van der Waals surface area contributed by atoms with Gasteiger partial charge in [0.05, 0.1) is 50.1 Å². The molecule has 356 valence electrons. The summed E-state index contributed by atoms with van der Waals surface area (Å²) in [5.41, 5.74) is -6.07. The number of benzene rings is 1. The maximum atomic E-state index is 14.5. The van der Waals surface area contributed by atoms with Gasteiger partial charge in [0, 0.05) is 49.8 Å². The van der Waals surface area contributed by atoms with Crippen LogP contribution in [0.25, 0.3) is 0 Å². The van der Waals surface area contributed by atoms with Crippen molar-refractivity contribution in [1.29, 1.82) is 0 Å². The lowest BCUT2D eigenvalue weighted by atomic mass is 9.45. The highest BCUT2D eigenvalue weighted by Gasteiger charge is 2.77. The second-order valence-corrected chi connectivity index (χ2v) is 20.9. The third-order valence-electron chi connectivity index (χ3n) is 14.8. The second-order valence-electron chi connectivity index (χ2n) is 20.9. The number of aliphatic hydroxyl groups excluding tert-OH is 1. The summed E-state index contributed by atoms with van der Waals surface area (Å²) < 4.78 is 55.9. The SMILES string of the molecule is COCCN(C)C[C@@H]1OC2C3=C(C)[C@@H](OC(=O)[C@H](O)[C@@H](NC(=O)OC(C)(C)C)C4(C)COC4)C[C@@](O)([C@@H](OC(=O)c4ccccc4)C4[C@@](C)(CCC5OC[C@]54OC(C)=O)C2O1)C3(C)C. The van der Waals surface area contributed by atoms with Gasteiger partial charge in [-0.25, -0.2) is 14.4 Å². The topological polar surface area (TPSA) is 207 Å². The average Bonchev–Trinajstić information content (AvgIpc) is 3.60. The summed E-state index contributed by atoms with van der Waals surface area (Å²) in [5, 5.41) is 28.5. The number of amides is 1. The Labute approximate surface area is 375 Å². The number of nitrogens with zero attached hydrogens (tertiary/aromatic N) is 1. The van der Waals surface area contributed by atoms with Crippen LogP contribution in [0.3, 0.4) is 0 Å². The molecule has 1 amide bonds. The van der Waals surface area contributed by atoms with Crippen molar-refractivity contribution < 1.29 is 72.0 Å². The molecule has 1 aromatic carbocycles. The lowest BCUT2D eigenvalue weighted by Gasteiger charge is -2.68. The Balaban J connectivity index is 1.37. The number of fused-ring (bicyclic) bond motifs is 8. The third kappa shape index (κ3) is 8.48. The van der Waals surface area contributed by atoms with Gasteiger partial charge in [0.25, 0.3) is 0 Å². The van der Waals surface area contributed by atoms with E-state index in [1.54, 1.807) is 72.1 Å². The maximum absolute atomic E-state index is 14.5. The van der Waals surface area contributed by atoms with Crippen LogP contribution < -0.4 is 5.32 Å². The number of aliphatic hydroxyl groups is 2. The molecular formula is C47H68N2O15. The van der Waals surface area contributed by atoms with E-state index in [0.29, 0.717) is 43.7 Å². The molecular weight excluding hydrogens is 833 g/mol. The molecule has 17 heteroatoms. The van der Waals surface area contributed by atoms with Crippen LogP contribution in [0.15, 0.2) is 41.5 Å². The molecule has 0 radical (unpaired) electrons. The Morgan fingerprint density at radius 1 is 1.02 bits per heavy atom. The number of carbonyl (C=O) groups is 4. The number of nitrogens with one attached hydrogen (secondary N) is 1. The van der Waals surface area contributed by atoms with Gasteiger partial charge < -0.3 is 58.2 Å². The summed E-state index contributed by atoms with van der Waals surface area (Å²) in [4.78, 5) is 57.3. The number of methoxy groups -OCH3 is 1. The molecule has 3 N–H and O–H groups in total. The smallest absolute Gasteiger partial charge is 0.407 e. The van der Waals surface area contributed by atoms with E-state index < -0.39 is 112 Å². The van der Waals surface area contributed by atoms with Gasteiger partial charge in [-0.2, -0.15) is 0 Å². The Bertz CT molecular complexity index is 1960. The lowest BCUT2D eigenvalue weighted by Crippen LogP contribution is -2.79. The fraction of sp³-hybridized carbons (Fsp3) is 0.745. The molecule has 3 aliphatic carbocycles. The van der Waals surface area contributed by atoms with Crippen molar-refractivity contribution in [2.75, 3.05) is 53.7 Å². The van der Waals surface area contributed by atoms with E-state index in [-0.39, 0.29) is 31.8 Å². The van der Waals surface area contributed by atoms with Crippen molar-refractivity contribution in [3.8, 4) is 0 Å². The molecule has 3 heterocycles. The minimum atomic E-state index is -2.07. The predicted molar refractivity (Wildman–Crippen MR) is 228 cm³/mol. The van der Waals surface area contributed by atoms with Gasteiger partial charge in [0.2, 0.25) is 0 Å². The summed E-state index contributed by atoms with van der Waals surface area (Å²) >= 11 is 0. The fourth-order valence-corrected chi connectivity index (χ4v) is 11.4. The van der Waals surface area contributed by atoms with Gasteiger partial charge in [0.1, 0.15) is 35.6 Å². The zero-order valence-electron chi connectivity index (χ0n) is 39.1. The zero-order valence-corrected chi connectivity index (χ0v) is 39.1. The van der Waals surface area contributed by atoms with Crippen molar-refractivity contribution >= 4 is 24.0 Å². The Hall–Kier alpha value is -3.68. The zero-order chi connectivity index (χ0) is 46.8. The molecule has 4 unspecified atom stereocenters. The highest BCUT2D eigenvalue weighted by atomic mass is 16.7. The number of ether oxygens (including phenoxy) is 9. The van der Waals surface area contributed by atoms with E-state index in [4.69, 9.17) is 42.6 Å². The highest BCUT2D eigenvalue weighted by molar-refractivity contribution is 5.89. The molecule has 0 spiro atoms. The molecule has 17 nitrogen and oxygen atoms in total. The van der Waals surface area contributed by atoms with Crippen LogP contribution in [0.1, 0.15) is 91.9 Å². The number of alkyl carbamates (subject to hydrolysis) is 1. The molecule has 3 saturated heterocycles. The quantitative estimate of drug-likeness (QED) is 0.147. The van der Waals surface area contributed by atoms with Crippen LogP contribution in [-0.2, 0) is 52.2 Å². The van der Waals surface area contributed by atoms with Crippen molar-refractivity contribution in [2.24, 2.45) is 22.2 Å². The predicted octanol–water partition coefficient (Wildman–Crippen LogP) is 3.71. The Morgan fingerprint density at radius 2 is 1.70 bits per heavy atom. The first-order chi connectivity index (χ1) is 29.9. The van der Waals surface area contributed by atoms with Gasteiger partial charge >= 0.3 is 24.0 Å². The molecule has 2 saturated carbocycles. The minimum absolute atomic E-state index is 0.0321. The number of carbonyl (C=O) groups excluding carboxylic acids is 4. The number of likely N-dealkylation sites (N-methyl/N-ethyl adjacent to an activating group) is 1. The molecule has 2 bridgehead atoms. The highest BCUT2D eigenvalue weighted by Crippen LogP contribution is 2.66. The summed E-state index contributed by atoms with van der Waals surface area (Å²) in [6, 6.07) is 7.24. The number of hydrogen-bond donors (Lipinski definition) is 3. The van der Waals surface area contributed by atoms with Crippen LogP contribution in [0.5, 0.6) is 0 Å². The first-order valence-corrected chi connectivity index (χ1v) is 22.4. The van der Waals surface area contributed by atoms with Crippen molar-refractivity contribution in [2.45, 2.75) is 147 Å². The summed E-state index contributed by atoms with van der Waals surface area (Å²) in [7, 11) is 3.56. The van der Waals surface area contributed by atoms with Gasteiger partial charge in [-0.3, -0.25) is 9.69 Å². The standard InChI is InChI=1S/C47H68N2O15/c1-26-29(59-40(53)33(51)36(44(8)23-57-24-44)48-41(54)64-42(3,4)5)21-47(55)38(62-39(52)28-15-13-12-14-16-28)35-45(9,18-17-30-46(35,25-58-30)63-27(2)50)37-34(32(26)43(47,6)7)60-31(61-37)22-49(10)19-20-56-11/h12-16,29-31,33-38,51,55H,17-25H2,1-11H3,(H,48,54)/t29-,30?,31+,33+,34?,35?,36+,37?,38-,45+,46-,47+/m0/s1. The lowest BCUT2D eigenvalue weighted by molar-refractivity contribution is -0.345. The molecule has 5 fully saturated rings. The third-order valence-corrected chi connectivity index (χ3v) is 14.8. The average molecular weight is 901 g/mol. The van der Waals surface area contributed by atoms with Crippen LogP contribution in [-0.4, -0.2) is 159 Å². The van der Waals surface area contributed by atoms with Crippen LogP contribution in [0.4, 0.5) is 4.79 Å². The maximum Gasteiger partial charge on any atom is 0.407 e. The van der Waals surface area contributed by atoms with Crippen molar-refractivity contribution in [1.82, 2.24) is 10.2 Å². The number of rotatable bonds is 13. The van der Waals surface area contributed by atoms with Crippen LogP contribution >= 0.6 is 0 Å². The largest absolute Gasteiger partial charge is 0.456 e. The molecule has 7 rings (SSSR count). The molecule has 1 aromatic rings. The first-order valence-electron chi connectivity index (χ1n) is 22.4. The summed E-state index contributed by atoms with van der Waals surface area (Å²) in [6.45, 7) is 17.4. The fourth-order valence-electron chi connectivity index (χ4n) is 11.4. The molecule has 12 atom stereocenters. The van der Waals surface area contributed by atoms with E-state index >= 15 is 0 Å². The van der Waals surface area contributed by atoms with Crippen molar-refractivity contribution in [3.05, 3.63) is 47.0 Å². The normalized spacial score (nSPS) is 35.7. The van der Waals surface area contributed by atoms with Crippen molar-refractivity contribution in [3.63, 3.8) is 0 Å². The van der Waals surface area contributed by atoms with E-state index in [9.17, 15) is 29.4 Å². The van der Waals surface area contributed by atoms with Crippen LogP contribution in [0.2, 0.25) is 0 Å². The number of esters is 3. The Kier molecular flexibility index (Phi) is 13.2. The van der Waals surface area contributed by atoms with Gasteiger partial charge in [-0.1, -0.05) is 45.9 Å². The van der Waals surface area contributed by atoms with Gasteiger partial charge in [0.15, 0.2) is 18.0 Å². The molecule has 64 heavy (non-hydrogen) atoms. The second kappa shape index (κ2) is 17.5. The molecule has 0 aromatic heterocycles. The van der Waals surface area contributed by atoms with Gasteiger partial charge in [-0.05, 0) is 70.9 Å². The first kappa shape index (κ1) is 48.3. The van der Waals surface area contributed by atoms with Crippen LogP contribution in [0, 0.1) is 22.2 Å². The molecule has 6 aliphatic rings. The van der Waals surface area contributed by atoms with Gasteiger partial charge in [-0.15, -0.1) is 0 Å². The van der Waals surface area contributed by atoms with E-state index in [2.05, 4.69) is 5.32 Å². The molecule has 3 aliphatic heterocycles. The Morgan fingerprint density at radius 3 is 2.28 bits per heavy atom. The number of hydrogen-bond acceptors (Lipinski definition) is 16.